The fourth-order valence-corrected chi connectivity index (χ4v) is 3.71. The molecule has 0 aliphatic rings. The Morgan fingerprint density at radius 3 is 2.27 bits per heavy atom. The zero-order valence-corrected chi connectivity index (χ0v) is 12.9. The molecule has 0 heterocycles. The van der Waals surface area contributed by atoms with Gasteiger partial charge in [0.25, 0.3) is 0 Å². The smallest absolute Gasteiger partial charge is 0.0916 e. The molecule has 0 rings (SSSR count). The minimum Gasteiger partial charge on any atom is -0.311 e. The van der Waals surface area contributed by atoms with Crippen molar-refractivity contribution in [1.29, 1.82) is 0 Å². The molecular formula is C10H22O2S3. The van der Waals surface area contributed by atoms with Crippen LogP contribution in [-0.4, -0.2) is 35.2 Å². The number of rotatable bonds is 8. The topological polar surface area (TPSA) is 18.5 Å². The highest BCUT2D eigenvalue weighted by Crippen LogP contribution is 2.32. The molecule has 0 radical (unpaired) electrons. The van der Waals surface area contributed by atoms with E-state index in [-0.39, 0.29) is 11.7 Å². The first-order chi connectivity index (χ1) is 6.99. The van der Waals surface area contributed by atoms with E-state index in [4.69, 9.17) is 8.37 Å². The van der Waals surface area contributed by atoms with Gasteiger partial charge in [-0.2, -0.15) is 11.8 Å². The summed E-state index contributed by atoms with van der Waals surface area (Å²) >= 11 is 4.73. The van der Waals surface area contributed by atoms with E-state index in [0.29, 0.717) is 5.25 Å². The highest BCUT2D eigenvalue weighted by atomic mass is 32.2. The lowest BCUT2D eigenvalue weighted by molar-refractivity contribution is 0.0912. The highest BCUT2D eigenvalue weighted by Gasteiger charge is 2.35. The van der Waals surface area contributed by atoms with Gasteiger partial charge in [0.1, 0.15) is 0 Å². The average molecular weight is 270 g/mol. The molecule has 0 aliphatic carbocycles. The van der Waals surface area contributed by atoms with E-state index < -0.39 is 0 Å². The maximum Gasteiger partial charge on any atom is 0.0916 e. The summed E-state index contributed by atoms with van der Waals surface area (Å²) in [4.78, 5) is 0. The molecule has 2 unspecified atom stereocenters. The molecule has 2 atom stereocenters. The Kier molecular flexibility index (Phi) is 8.64. The number of hydrogen-bond donors (Lipinski definition) is 0. The highest BCUT2D eigenvalue weighted by molar-refractivity contribution is 7.99. The van der Waals surface area contributed by atoms with E-state index in [1.165, 1.54) is 24.1 Å². The van der Waals surface area contributed by atoms with Crippen LogP contribution in [0.2, 0.25) is 0 Å². The third-order valence-electron chi connectivity index (χ3n) is 2.00. The predicted octanol–water partition coefficient (Wildman–Crippen LogP) is 3.86. The van der Waals surface area contributed by atoms with Crippen molar-refractivity contribution >= 4 is 35.8 Å². The van der Waals surface area contributed by atoms with Gasteiger partial charge >= 0.3 is 0 Å². The van der Waals surface area contributed by atoms with Crippen molar-refractivity contribution in [3.63, 3.8) is 0 Å². The van der Waals surface area contributed by atoms with E-state index in [9.17, 15) is 0 Å². The second-order valence-electron chi connectivity index (χ2n) is 3.72. The molecule has 0 aromatic heterocycles. The van der Waals surface area contributed by atoms with Crippen molar-refractivity contribution in [3.05, 3.63) is 0 Å². The normalized spacial score (nSPS) is 16.4. The van der Waals surface area contributed by atoms with Crippen molar-refractivity contribution in [2.24, 2.45) is 0 Å². The van der Waals surface area contributed by atoms with Gasteiger partial charge in [-0.25, -0.2) is 0 Å². The van der Waals surface area contributed by atoms with Crippen LogP contribution in [0.4, 0.5) is 0 Å². The molecule has 0 saturated heterocycles. The van der Waals surface area contributed by atoms with Crippen LogP contribution in [-0.2, 0) is 8.37 Å². The summed E-state index contributed by atoms with van der Waals surface area (Å²) in [6.07, 6.45) is 4.24. The Morgan fingerprint density at radius 2 is 1.87 bits per heavy atom. The van der Waals surface area contributed by atoms with Gasteiger partial charge in [-0.1, -0.05) is 6.92 Å². The molecule has 0 bridgehead atoms. The van der Waals surface area contributed by atoms with Crippen molar-refractivity contribution in [2.45, 2.75) is 44.6 Å². The van der Waals surface area contributed by atoms with Gasteiger partial charge in [-0.05, 0) is 51.1 Å². The number of thioether (sulfide) groups is 1. The fraction of sp³-hybridized carbons (Fsp3) is 1.00. The van der Waals surface area contributed by atoms with E-state index in [2.05, 4.69) is 34.0 Å². The van der Waals surface area contributed by atoms with Crippen LogP contribution >= 0.6 is 35.8 Å². The van der Waals surface area contributed by atoms with Crippen LogP contribution in [0.3, 0.4) is 0 Å². The van der Waals surface area contributed by atoms with Crippen molar-refractivity contribution in [2.75, 3.05) is 18.3 Å². The van der Waals surface area contributed by atoms with Gasteiger partial charge in [-0.15, -0.1) is 0 Å². The van der Waals surface area contributed by atoms with Gasteiger partial charge in [0.15, 0.2) is 0 Å². The molecule has 92 valence electrons. The molecule has 2 nitrogen and oxygen atoms in total. The lowest BCUT2D eigenvalue weighted by Gasteiger charge is -2.35. The second-order valence-corrected chi connectivity index (χ2v) is 6.20. The standard InChI is InChI=1S/C10H22O2S3/c1-7-15-11-8(2)9(13-5)10(3,4)12-14-6/h8-9H,7H2,1-6H3. The van der Waals surface area contributed by atoms with Gasteiger partial charge in [0, 0.05) is 12.0 Å². The van der Waals surface area contributed by atoms with E-state index in [0.717, 1.165) is 5.75 Å². The largest absolute Gasteiger partial charge is 0.311 e. The van der Waals surface area contributed by atoms with Crippen molar-refractivity contribution in [1.82, 2.24) is 0 Å². The molecular weight excluding hydrogens is 248 g/mol. The van der Waals surface area contributed by atoms with E-state index in [1.807, 2.05) is 6.26 Å². The van der Waals surface area contributed by atoms with Gasteiger partial charge in [0.2, 0.25) is 0 Å². The predicted molar refractivity (Wildman–Crippen MR) is 74.7 cm³/mol. The van der Waals surface area contributed by atoms with Crippen LogP contribution in [0.15, 0.2) is 0 Å². The van der Waals surface area contributed by atoms with Crippen LogP contribution < -0.4 is 0 Å². The average Bonchev–Trinajstić information content (AvgIpc) is 2.15. The van der Waals surface area contributed by atoms with Gasteiger partial charge in [0.05, 0.1) is 17.0 Å². The van der Waals surface area contributed by atoms with Crippen LogP contribution in [0.5, 0.6) is 0 Å². The van der Waals surface area contributed by atoms with E-state index in [1.54, 1.807) is 11.8 Å². The minimum absolute atomic E-state index is 0.174. The SMILES string of the molecule is CCSOC(C)C(SC)C(C)(C)OSC. The lowest BCUT2D eigenvalue weighted by Crippen LogP contribution is -2.42. The van der Waals surface area contributed by atoms with Crippen LogP contribution in [0.25, 0.3) is 0 Å². The lowest BCUT2D eigenvalue weighted by atomic mass is 10.0. The summed E-state index contributed by atoms with van der Waals surface area (Å²) in [6, 6.07) is 0. The van der Waals surface area contributed by atoms with Crippen LogP contribution in [0.1, 0.15) is 27.7 Å². The van der Waals surface area contributed by atoms with Crippen molar-refractivity contribution < 1.29 is 8.37 Å². The maximum absolute atomic E-state index is 5.69. The second kappa shape index (κ2) is 8.12. The molecule has 0 fully saturated rings. The maximum atomic E-state index is 5.69. The zero-order chi connectivity index (χ0) is 11.9. The first-order valence-corrected chi connectivity index (χ1v) is 8.37. The molecule has 0 saturated carbocycles. The third-order valence-corrected chi connectivity index (χ3v) is 4.73. The molecule has 15 heavy (non-hydrogen) atoms. The Bertz CT molecular complexity index is 165. The van der Waals surface area contributed by atoms with Gasteiger partial charge < -0.3 is 8.37 Å². The molecule has 0 amide bonds. The molecule has 0 N–H and O–H groups in total. The summed E-state index contributed by atoms with van der Waals surface area (Å²) in [7, 11) is 0. The molecule has 0 spiro atoms. The summed E-state index contributed by atoms with van der Waals surface area (Å²) < 4.78 is 11.4. The zero-order valence-electron chi connectivity index (χ0n) is 10.4. The first kappa shape index (κ1) is 16.0. The van der Waals surface area contributed by atoms with Crippen molar-refractivity contribution in [3.8, 4) is 0 Å². The summed E-state index contributed by atoms with van der Waals surface area (Å²) in [5.74, 6) is 0.981. The third kappa shape index (κ3) is 5.73. The van der Waals surface area contributed by atoms with Crippen LogP contribution in [0, 0.1) is 0 Å². The Morgan fingerprint density at radius 1 is 1.27 bits per heavy atom. The fourth-order valence-electron chi connectivity index (χ4n) is 1.53. The molecule has 0 aliphatic heterocycles. The van der Waals surface area contributed by atoms with E-state index >= 15 is 0 Å². The number of hydrogen-bond acceptors (Lipinski definition) is 5. The van der Waals surface area contributed by atoms with Gasteiger partial charge in [-0.3, -0.25) is 0 Å². The summed E-state index contributed by atoms with van der Waals surface area (Å²) in [5.41, 5.74) is -0.174. The summed E-state index contributed by atoms with van der Waals surface area (Å²) in [5, 5.41) is 0.337. The minimum atomic E-state index is -0.174. The molecule has 0 aromatic carbocycles. The first-order valence-electron chi connectivity index (χ1n) is 5.02. The molecule has 0 aromatic rings. The summed E-state index contributed by atoms with van der Waals surface area (Å²) in [6.45, 7) is 8.42. The monoisotopic (exact) mass is 270 g/mol. The molecule has 5 heteroatoms. The Hall–Kier alpha value is 0.970. The Balaban J connectivity index is 4.31. The quantitative estimate of drug-likeness (QED) is 0.622. The Labute approximate surface area is 107 Å².